The quantitative estimate of drug-likeness (QED) is 0.320. The van der Waals surface area contributed by atoms with Crippen LogP contribution in [-0.4, -0.2) is 94.3 Å². The predicted octanol–water partition coefficient (Wildman–Crippen LogP) is 2.45. The van der Waals surface area contributed by atoms with Crippen LogP contribution in [0.25, 0.3) is 11.0 Å². The molecule has 12 heteroatoms. The van der Waals surface area contributed by atoms with Gasteiger partial charge in [0.2, 0.25) is 11.9 Å². The number of thioether (sulfide) groups is 1. The first kappa shape index (κ1) is 26.1. The number of carboxylic acids is 1. The molecule has 38 heavy (non-hydrogen) atoms. The fraction of sp³-hybridized carbons (Fsp3) is 0.462. The Morgan fingerprint density at radius 3 is 2.39 bits per heavy atom. The summed E-state index contributed by atoms with van der Waals surface area (Å²) < 4.78 is 5.56. The number of amides is 1. The Kier molecular flexibility index (Phi) is 8.49. The van der Waals surface area contributed by atoms with E-state index in [1.807, 2.05) is 18.2 Å². The largest absolute Gasteiger partial charge is 0.481 e. The van der Waals surface area contributed by atoms with Crippen LogP contribution in [0, 0.1) is 0 Å². The number of fused-ring (bicyclic) bond motifs is 1. The summed E-state index contributed by atoms with van der Waals surface area (Å²) in [4.78, 5) is 48.5. The van der Waals surface area contributed by atoms with Gasteiger partial charge in [0.15, 0.2) is 5.82 Å². The second-order valence-electron chi connectivity index (χ2n) is 9.21. The van der Waals surface area contributed by atoms with E-state index in [2.05, 4.69) is 31.9 Å². The maximum absolute atomic E-state index is 12.5. The molecule has 0 saturated carbocycles. The number of hydrogen-bond donors (Lipinski definition) is 1. The number of carbonyl (C=O) groups is 2. The molecule has 4 heterocycles. The van der Waals surface area contributed by atoms with Gasteiger partial charge in [0.25, 0.3) is 0 Å². The monoisotopic (exact) mass is 537 g/mol. The predicted molar refractivity (Wildman–Crippen MR) is 144 cm³/mol. The zero-order valence-electron chi connectivity index (χ0n) is 21.2. The van der Waals surface area contributed by atoms with Crippen molar-refractivity contribution in [2.24, 2.45) is 0 Å². The van der Waals surface area contributed by atoms with Crippen LogP contribution >= 0.6 is 11.8 Å². The normalized spacial score (nSPS) is 16.2. The SMILES string of the molecule is O=C(O)CCCC(=O)N1CCN(c2nc(N3CCOCC3)c3ncnc(SCc4ccccc4)c3n2)CC1. The lowest BCUT2D eigenvalue weighted by Crippen LogP contribution is -2.49. The van der Waals surface area contributed by atoms with E-state index >= 15 is 0 Å². The molecule has 0 spiro atoms. The summed E-state index contributed by atoms with van der Waals surface area (Å²) >= 11 is 1.63. The van der Waals surface area contributed by atoms with Crippen molar-refractivity contribution >= 4 is 46.4 Å². The van der Waals surface area contributed by atoms with E-state index in [1.54, 1.807) is 23.0 Å². The van der Waals surface area contributed by atoms with Crippen LogP contribution in [0.5, 0.6) is 0 Å². The molecule has 3 aromatic rings. The van der Waals surface area contributed by atoms with Crippen LogP contribution in [-0.2, 0) is 20.1 Å². The minimum absolute atomic E-state index is 0.00710. The van der Waals surface area contributed by atoms with Gasteiger partial charge in [-0.25, -0.2) is 15.0 Å². The zero-order valence-corrected chi connectivity index (χ0v) is 22.0. The Balaban J connectivity index is 1.38. The number of benzene rings is 1. The van der Waals surface area contributed by atoms with E-state index in [0.717, 1.165) is 40.7 Å². The van der Waals surface area contributed by atoms with Crippen LogP contribution in [0.3, 0.4) is 0 Å². The fourth-order valence-electron chi connectivity index (χ4n) is 4.57. The van der Waals surface area contributed by atoms with Crippen LogP contribution < -0.4 is 9.80 Å². The number of aliphatic carboxylic acids is 1. The molecule has 5 rings (SSSR count). The van der Waals surface area contributed by atoms with Crippen molar-refractivity contribution in [3.05, 3.63) is 42.2 Å². The molecule has 0 atom stereocenters. The Labute approximate surface area is 225 Å². The number of hydrogen-bond acceptors (Lipinski definition) is 10. The first-order valence-electron chi connectivity index (χ1n) is 12.8. The molecule has 0 unspecified atom stereocenters. The third-order valence-corrected chi connectivity index (χ3v) is 7.69. The van der Waals surface area contributed by atoms with Gasteiger partial charge in [0.1, 0.15) is 22.4 Å². The number of ether oxygens (including phenoxy) is 1. The van der Waals surface area contributed by atoms with Crippen molar-refractivity contribution < 1.29 is 19.4 Å². The lowest BCUT2D eigenvalue weighted by molar-refractivity contribution is -0.137. The first-order valence-corrected chi connectivity index (χ1v) is 13.8. The molecule has 1 amide bonds. The van der Waals surface area contributed by atoms with Crippen LogP contribution in [0.15, 0.2) is 41.7 Å². The number of nitrogens with zero attached hydrogens (tertiary/aromatic N) is 7. The van der Waals surface area contributed by atoms with E-state index in [9.17, 15) is 9.59 Å². The van der Waals surface area contributed by atoms with Crippen LogP contribution in [0.1, 0.15) is 24.8 Å². The average Bonchev–Trinajstić information content (AvgIpc) is 2.96. The molecule has 2 fully saturated rings. The molecule has 2 aliphatic rings. The third kappa shape index (κ3) is 6.30. The van der Waals surface area contributed by atoms with Gasteiger partial charge < -0.3 is 24.5 Å². The maximum atomic E-state index is 12.5. The molecule has 11 nitrogen and oxygen atoms in total. The molecule has 2 saturated heterocycles. The minimum Gasteiger partial charge on any atom is -0.481 e. The number of aromatic nitrogens is 4. The molecule has 200 valence electrons. The van der Waals surface area contributed by atoms with Gasteiger partial charge in [-0.3, -0.25) is 9.59 Å². The topological polar surface area (TPSA) is 125 Å². The molecule has 1 N–H and O–H groups in total. The molecular weight excluding hydrogens is 506 g/mol. The third-order valence-electron chi connectivity index (χ3n) is 6.64. The van der Waals surface area contributed by atoms with Crippen molar-refractivity contribution in [3.8, 4) is 0 Å². The zero-order chi connectivity index (χ0) is 26.3. The highest BCUT2D eigenvalue weighted by Crippen LogP contribution is 2.32. The van der Waals surface area contributed by atoms with Crippen LogP contribution in [0.2, 0.25) is 0 Å². The smallest absolute Gasteiger partial charge is 0.303 e. The summed E-state index contributed by atoms with van der Waals surface area (Å²) in [7, 11) is 0. The Hall–Kier alpha value is -3.51. The highest BCUT2D eigenvalue weighted by Gasteiger charge is 2.26. The van der Waals surface area contributed by atoms with Crippen molar-refractivity contribution in [3.63, 3.8) is 0 Å². The summed E-state index contributed by atoms with van der Waals surface area (Å²) in [5.41, 5.74) is 2.66. The number of rotatable bonds is 9. The highest BCUT2D eigenvalue weighted by atomic mass is 32.2. The molecule has 0 bridgehead atoms. The van der Waals surface area contributed by atoms with Crippen molar-refractivity contribution in [1.29, 1.82) is 0 Å². The van der Waals surface area contributed by atoms with E-state index < -0.39 is 5.97 Å². The fourth-order valence-corrected chi connectivity index (χ4v) is 5.47. The minimum atomic E-state index is -0.877. The number of morpholine rings is 1. The van der Waals surface area contributed by atoms with Gasteiger partial charge in [-0.05, 0) is 12.0 Å². The van der Waals surface area contributed by atoms with Gasteiger partial charge >= 0.3 is 5.97 Å². The Morgan fingerprint density at radius 1 is 0.895 bits per heavy atom. The Bertz CT molecular complexity index is 1270. The van der Waals surface area contributed by atoms with E-state index in [0.29, 0.717) is 51.8 Å². The van der Waals surface area contributed by atoms with Crippen molar-refractivity contribution in [2.75, 3.05) is 62.3 Å². The maximum Gasteiger partial charge on any atom is 0.303 e. The van der Waals surface area contributed by atoms with Gasteiger partial charge in [-0.2, -0.15) is 4.98 Å². The molecule has 0 radical (unpaired) electrons. The molecule has 0 aliphatic carbocycles. The summed E-state index contributed by atoms with van der Waals surface area (Å²) in [5.74, 6) is 1.27. The summed E-state index contributed by atoms with van der Waals surface area (Å²) in [6.45, 7) is 4.98. The second-order valence-corrected chi connectivity index (χ2v) is 10.2. The highest BCUT2D eigenvalue weighted by molar-refractivity contribution is 7.98. The summed E-state index contributed by atoms with van der Waals surface area (Å²) in [5, 5.41) is 9.64. The number of piperazine rings is 1. The van der Waals surface area contributed by atoms with E-state index in [4.69, 9.17) is 19.8 Å². The average molecular weight is 538 g/mol. The second kappa shape index (κ2) is 12.4. The first-order chi connectivity index (χ1) is 18.6. The summed E-state index contributed by atoms with van der Waals surface area (Å²) in [6, 6.07) is 10.3. The molecular formula is C26H31N7O4S. The van der Waals surface area contributed by atoms with E-state index in [-0.39, 0.29) is 18.7 Å². The lowest BCUT2D eigenvalue weighted by Gasteiger charge is -2.35. The van der Waals surface area contributed by atoms with Crippen molar-refractivity contribution in [2.45, 2.75) is 30.0 Å². The lowest BCUT2D eigenvalue weighted by atomic mass is 10.2. The number of carboxylic acid groups (broad SMARTS) is 1. The van der Waals surface area contributed by atoms with E-state index in [1.165, 1.54) is 5.56 Å². The van der Waals surface area contributed by atoms with Gasteiger partial charge in [0, 0.05) is 57.9 Å². The van der Waals surface area contributed by atoms with Crippen molar-refractivity contribution in [1.82, 2.24) is 24.8 Å². The Morgan fingerprint density at radius 2 is 1.66 bits per heavy atom. The van der Waals surface area contributed by atoms with Gasteiger partial charge in [-0.1, -0.05) is 42.1 Å². The molecule has 2 aromatic heterocycles. The molecule has 1 aromatic carbocycles. The molecule has 2 aliphatic heterocycles. The van der Waals surface area contributed by atoms with Gasteiger partial charge in [0.05, 0.1) is 13.2 Å². The number of carbonyl (C=O) groups excluding carboxylic acids is 1. The van der Waals surface area contributed by atoms with Crippen LogP contribution in [0.4, 0.5) is 11.8 Å². The summed E-state index contributed by atoms with van der Waals surface area (Å²) in [6.07, 6.45) is 2.19. The number of anilines is 2. The standard InChI is InChI=1S/C26H31N7O4S/c34-20(7-4-8-21(35)36)31-9-11-33(12-10-31)26-29-23-22(24(30-26)32-13-15-37-16-14-32)27-18-28-25(23)38-17-19-5-2-1-3-6-19/h1-3,5-6,18H,4,7-17H2,(H,35,36). The van der Waals surface area contributed by atoms with Gasteiger partial charge in [-0.15, -0.1) is 0 Å².